The van der Waals surface area contributed by atoms with Crippen molar-refractivity contribution >= 4 is 29.1 Å². The number of hydrogen-bond acceptors (Lipinski definition) is 6. The van der Waals surface area contributed by atoms with Gasteiger partial charge in [-0.25, -0.2) is 9.97 Å². The zero-order valence-electron chi connectivity index (χ0n) is 16.8. The van der Waals surface area contributed by atoms with Gasteiger partial charge in [-0.2, -0.15) is 0 Å². The van der Waals surface area contributed by atoms with Crippen molar-refractivity contribution in [2.45, 2.75) is 13.3 Å². The van der Waals surface area contributed by atoms with Gasteiger partial charge in [0.15, 0.2) is 23.0 Å². The first-order chi connectivity index (χ1) is 14.7. The minimum Gasteiger partial charge on any atom is -0.493 e. The van der Waals surface area contributed by atoms with Crippen molar-refractivity contribution in [3.05, 3.63) is 60.6 Å². The molecule has 30 heavy (non-hydrogen) atoms. The maximum Gasteiger partial charge on any atom is 0.180 e. The standard InChI is InChI=1S/C23H21N5O2/c1-3-30-20-7-5-17(13-21(20)29-2)26-22-23-25-10-11-28(23)14-19(27-22)15-4-6-18-16(12-15)8-9-24-18/h4-7,9-14H,3,8H2,1-2H3,(H,26,27). The third kappa shape index (κ3) is 3.24. The summed E-state index contributed by atoms with van der Waals surface area (Å²) in [6, 6.07) is 12.0. The summed E-state index contributed by atoms with van der Waals surface area (Å²) < 4.78 is 13.0. The lowest BCUT2D eigenvalue weighted by Gasteiger charge is -2.13. The minimum absolute atomic E-state index is 0.577. The summed E-state index contributed by atoms with van der Waals surface area (Å²) in [5, 5.41) is 3.38. The second-order valence-corrected chi connectivity index (χ2v) is 6.92. The number of anilines is 2. The predicted octanol–water partition coefficient (Wildman–Crippen LogP) is 4.81. The van der Waals surface area contributed by atoms with Gasteiger partial charge in [-0.15, -0.1) is 0 Å². The maximum absolute atomic E-state index is 5.61. The topological polar surface area (TPSA) is 73.0 Å². The lowest BCUT2D eigenvalue weighted by molar-refractivity contribution is 0.311. The number of aromatic nitrogens is 3. The number of benzene rings is 2. The van der Waals surface area contributed by atoms with E-state index in [0.717, 1.165) is 34.7 Å². The van der Waals surface area contributed by atoms with Crippen LogP contribution in [-0.4, -0.2) is 34.3 Å². The van der Waals surface area contributed by atoms with Gasteiger partial charge in [0, 0.05) is 48.5 Å². The molecule has 0 saturated heterocycles. The molecule has 1 N–H and O–H groups in total. The van der Waals surface area contributed by atoms with Crippen molar-refractivity contribution in [3.63, 3.8) is 0 Å². The van der Waals surface area contributed by atoms with Gasteiger partial charge < -0.3 is 19.2 Å². The number of imidazole rings is 1. The molecule has 0 saturated carbocycles. The summed E-state index contributed by atoms with van der Waals surface area (Å²) in [6.45, 7) is 2.52. The number of fused-ring (bicyclic) bond motifs is 2. The summed E-state index contributed by atoms with van der Waals surface area (Å²) in [5.41, 5.74) is 5.73. The third-order valence-electron chi connectivity index (χ3n) is 5.02. The quantitative estimate of drug-likeness (QED) is 0.504. The average molecular weight is 399 g/mol. The molecule has 0 atom stereocenters. The number of methoxy groups -OCH3 is 1. The molecule has 0 radical (unpaired) electrons. The van der Waals surface area contributed by atoms with Crippen LogP contribution in [0.25, 0.3) is 16.9 Å². The molecule has 4 aromatic rings. The number of aliphatic imine (C=N–C) groups is 1. The molecular formula is C23H21N5O2. The molecule has 0 aliphatic carbocycles. The SMILES string of the molecule is CCOc1ccc(Nc2nc(-c3ccc4c(c3)CC=N4)cn3ccnc23)cc1OC. The number of hydrogen-bond donors (Lipinski definition) is 1. The van der Waals surface area contributed by atoms with Crippen LogP contribution < -0.4 is 14.8 Å². The molecule has 0 amide bonds. The van der Waals surface area contributed by atoms with E-state index in [2.05, 4.69) is 27.4 Å². The van der Waals surface area contributed by atoms with E-state index in [4.69, 9.17) is 14.5 Å². The van der Waals surface area contributed by atoms with Crippen molar-refractivity contribution in [2.24, 2.45) is 4.99 Å². The Morgan fingerprint density at radius 3 is 2.93 bits per heavy atom. The first-order valence-corrected chi connectivity index (χ1v) is 9.82. The first-order valence-electron chi connectivity index (χ1n) is 9.82. The minimum atomic E-state index is 0.577. The molecule has 2 aromatic heterocycles. The van der Waals surface area contributed by atoms with Gasteiger partial charge in [0.05, 0.1) is 25.1 Å². The Morgan fingerprint density at radius 1 is 1.13 bits per heavy atom. The Balaban J connectivity index is 1.54. The summed E-state index contributed by atoms with van der Waals surface area (Å²) in [6.07, 6.45) is 8.47. The molecule has 1 aliphatic heterocycles. The Hall–Kier alpha value is -3.87. The zero-order valence-corrected chi connectivity index (χ0v) is 16.8. The van der Waals surface area contributed by atoms with E-state index in [-0.39, 0.29) is 0 Å². The Kier molecular flexibility index (Phi) is 4.55. The van der Waals surface area contributed by atoms with E-state index < -0.39 is 0 Å². The number of rotatable bonds is 6. The maximum atomic E-state index is 5.61. The van der Waals surface area contributed by atoms with Crippen LogP contribution in [0.15, 0.2) is 60.0 Å². The molecular weight excluding hydrogens is 378 g/mol. The normalized spacial score (nSPS) is 12.2. The van der Waals surface area contributed by atoms with Gasteiger partial charge >= 0.3 is 0 Å². The Bertz CT molecular complexity index is 1260. The highest BCUT2D eigenvalue weighted by Gasteiger charge is 2.14. The van der Waals surface area contributed by atoms with Gasteiger partial charge in [0.1, 0.15) is 0 Å². The third-order valence-corrected chi connectivity index (χ3v) is 5.02. The molecule has 5 rings (SSSR count). The highest BCUT2D eigenvalue weighted by atomic mass is 16.5. The van der Waals surface area contributed by atoms with Crippen LogP contribution in [0.3, 0.4) is 0 Å². The molecule has 7 nitrogen and oxygen atoms in total. The van der Waals surface area contributed by atoms with E-state index in [1.54, 1.807) is 13.3 Å². The Morgan fingerprint density at radius 2 is 2.07 bits per heavy atom. The summed E-state index contributed by atoms with van der Waals surface area (Å²) in [4.78, 5) is 13.7. The lowest BCUT2D eigenvalue weighted by Crippen LogP contribution is -2.01. The first kappa shape index (κ1) is 18.2. The molecule has 2 aromatic carbocycles. The van der Waals surface area contributed by atoms with Crippen LogP contribution in [0.1, 0.15) is 12.5 Å². The van der Waals surface area contributed by atoms with Gasteiger partial charge in [-0.3, -0.25) is 4.99 Å². The Labute approximate surface area is 174 Å². The second-order valence-electron chi connectivity index (χ2n) is 6.92. The van der Waals surface area contributed by atoms with E-state index in [1.165, 1.54) is 5.56 Å². The summed E-state index contributed by atoms with van der Waals surface area (Å²) in [7, 11) is 1.63. The molecule has 0 unspecified atom stereocenters. The molecule has 0 bridgehead atoms. The summed E-state index contributed by atoms with van der Waals surface area (Å²) in [5.74, 6) is 2.04. The zero-order chi connectivity index (χ0) is 20.5. The fraction of sp³-hybridized carbons (Fsp3) is 0.174. The van der Waals surface area contributed by atoms with Crippen LogP contribution in [0.4, 0.5) is 17.2 Å². The van der Waals surface area contributed by atoms with E-state index in [0.29, 0.717) is 23.9 Å². The van der Waals surface area contributed by atoms with Crippen molar-refractivity contribution in [3.8, 4) is 22.8 Å². The molecule has 1 aliphatic rings. The van der Waals surface area contributed by atoms with Gasteiger partial charge in [-0.1, -0.05) is 6.07 Å². The fourth-order valence-corrected chi connectivity index (χ4v) is 3.59. The largest absolute Gasteiger partial charge is 0.493 e. The molecule has 0 fully saturated rings. The molecule has 150 valence electrons. The van der Waals surface area contributed by atoms with E-state index >= 15 is 0 Å². The van der Waals surface area contributed by atoms with Crippen LogP contribution in [0.5, 0.6) is 11.5 Å². The lowest BCUT2D eigenvalue weighted by atomic mass is 10.1. The monoisotopic (exact) mass is 399 g/mol. The van der Waals surface area contributed by atoms with Crippen LogP contribution >= 0.6 is 0 Å². The van der Waals surface area contributed by atoms with E-state index in [1.807, 2.05) is 54.2 Å². The van der Waals surface area contributed by atoms with Crippen LogP contribution in [0, 0.1) is 0 Å². The fourth-order valence-electron chi connectivity index (χ4n) is 3.59. The van der Waals surface area contributed by atoms with Crippen molar-refractivity contribution < 1.29 is 9.47 Å². The van der Waals surface area contributed by atoms with Crippen molar-refractivity contribution in [1.29, 1.82) is 0 Å². The smallest absolute Gasteiger partial charge is 0.180 e. The second kappa shape index (κ2) is 7.51. The number of ether oxygens (including phenoxy) is 2. The molecule has 3 heterocycles. The number of nitrogens with one attached hydrogen (secondary N) is 1. The van der Waals surface area contributed by atoms with E-state index in [9.17, 15) is 0 Å². The van der Waals surface area contributed by atoms with Crippen LogP contribution in [-0.2, 0) is 6.42 Å². The van der Waals surface area contributed by atoms with Crippen LogP contribution in [0.2, 0.25) is 0 Å². The average Bonchev–Trinajstić information content (AvgIpc) is 3.43. The van der Waals surface area contributed by atoms with Crippen molar-refractivity contribution in [2.75, 3.05) is 19.0 Å². The van der Waals surface area contributed by atoms with Gasteiger partial charge in [0.25, 0.3) is 0 Å². The predicted molar refractivity (Wildman–Crippen MR) is 118 cm³/mol. The summed E-state index contributed by atoms with van der Waals surface area (Å²) >= 11 is 0. The highest BCUT2D eigenvalue weighted by Crippen LogP contribution is 2.33. The highest BCUT2D eigenvalue weighted by molar-refractivity contribution is 5.79. The van der Waals surface area contributed by atoms with Gasteiger partial charge in [0.2, 0.25) is 0 Å². The van der Waals surface area contributed by atoms with Crippen molar-refractivity contribution in [1.82, 2.24) is 14.4 Å². The number of nitrogens with zero attached hydrogens (tertiary/aromatic N) is 4. The van der Waals surface area contributed by atoms with Gasteiger partial charge in [-0.05, 0) is 36.8 Å². The molecule has 7 heteroatoms. The molecule has 0 spiro atoms.